The van der Waals surface area contributed by atoms with Crippen LogP contribution in [-0.2, 0) is 9.53 Å². The zero-order chi connectivity index (χ0) is 15.1. The van der Waals surface area contributed by atoms with Crippen molar-refractivity contribution in [2.75, 3.05) is 20.3 Å². The van der Waals surface area contributed by atoms with E-state index in [9.17, 15) is 9.90 Å². The van der Waals surface area contributed by atoms with Gasteiger partial charge in [-0.25, -0.2) is 0 Å². The van der Waals surface area contributed by atoms with Crippen LogP contribution in [0.5, 0.6) is 5.75 Å². The number of benzene rings is 1. The van der Waals surface area contributed by atoms with Gasteiger partial charge < -0.3 is 19.9 Å². The molecule has 2 atom stereocenters. The largest absolute Gasteiger partial charge is 0.480 e. The highest BCUT2D eigenvalue weighted by Crippen LogP contribution is 2.29. The first-order valence-electron chi connectivity index (χ1n) is 6.36. The summed E-state index contributed by atoms with van der Waals surface area (Å²) in [4.78, 5) is 11.8. The number of methoxy groups -OCH3 is 1. The van der Waals surface area contributed by atoms with Gasteiger partial charge in [0.1, 0.15) is 5.75 Å². The van der Waals surface area contributed by atoms with E-state index < -0.39 is 12.2 Å². The molecule has 6 heteroatoms. The number of hydrogen-bond acceptors (Lipinski definition) is 4. The Hall–Kier alpha value is -1.11. The highest BCUT2D eigenvalue weighted by Gasteiger charge is 2.17. The fraction of sp³-hybridized carbons (Fsp3) is 0.500. The first-order valence-corrected chi connectivity index (χ1v) is 7.15. The average Bonchev–Trinajstić information content (AvgIpc) is 2.38. The number of amides is 1. The zero-order valence-corrected chi connectivity index (χ0v) is 13.4. The van der Waals surface area contributed by atoms with Gasteiger partial charge in [-0.1, -0.05) is 22.0 Å². The maximum Gasteiger partial charge on any atom is 0.260 e. The van der Waals surface area contributed by atoms with Crippen molar-refractivity contribution in [2.45, 2.75) is 26.1 Å². The topological polar surface area (TPSA) is 67.8 Å². The number of carbonyl (C=O) groups excluding carboxylic acids is 1. The molecule has 0 bridgehead atoms. The van der Waals surface area contributed by atoms with Gasteiger partial charge >= 0.3 is 0 Å². The van der Waals surface area contributed by atoms with Crippen LogP contribution in [0.1, 0.15) is 25.5 Å². The monoisotopic (exact) mass is 345 g/mol. The predicted molar refractivity (Wildman–Crippen MR) is 79.8 cm³/mol. The van der Waals surface area contributed by atoms with Crippen molar-refractivity contribution in [3.8, 4) is 5.75 Å². The minimum absolute atomic E-state index is 0.224. The molecule has 0 fully saturated rings. The molecular weight excluding hydrogens is 326 g/mol. The molecule has 0 saturated heterocycles. The molecule has 2 N–H and O–H groups in total. The second kappa shape index (κ2) is 8.24. The van der Waals surface area contributed by atoms with Crippen molar-refractivity contribution >= 4 is 21.8 Å². The molecule has 1 rings (SSSR count). The maximum atomic E-state index is 11.8. The third kappa shape index (κ3) is 5.11. The van der Waals surface area contributed by atoms with Crippen LogP contribution in [0.4, 0.5) is 0 Å². The van der Waals surface area contributed by atoms with E-state index >= 15 is 0 Å². The lowest BCUT2D eigenvalue weighted by atomic mass is 10.1. The molecule has 0 aromatic heterocycles. The van der Waals surface area contributed by atoms with Crippen molar-refractivity contribution in [3.05, 3.63) is 28.2 Å². The van der Waals surface area contributed by atoms with Gasteiger partial charge in [0.15, 0.2) is 6.10 Å². The molecule has 2 unspecified atom stereocenters. The second-order valence-corrected chi connectivity index (χ2v) is 5.32. The summed E-state index contributed by atoms with van der Waals surface area (Å²) in [6.45, 7) is 4.20. The summed E-state index contributed by atoms with van der Waals surface area (Å²) >= 11 is 3.34. The SMILES string of the molecule is COCCNC(=O)C(C)Oc1cc(Br)ccc1C(C)O. The number of rotatable bonds is 7. The predicted octanol–water partition coefficient (Wildman–Crippen LogP) is 2.03. The fourth-order valence-electron chi connectivity index (χ4n) is 1.62. The molecule has 0 aliphatic carbocycles. The standard InChI is InChI=1S/C14H20BrNO4/c1-9(17)12-5-4-11(15)8-13(12)20-10(2)14(18)16-6-7-19-3/h4-5,8-10,17H,6-7H2,1-3H3,(H,16,18). The Morgan fingerprint density at radius 3 is 2.75 bits per heavy atom. The molecule has 0 spiro atoms. The van der Waals surface area contributed by atoms with E-state index in [2.05, 4.69) is 21.2 Å². The van der Waals surface area contributed by atoms with E-state index in [1.807, 2.05) is 6.07 Å². The van der Waals surface area contributed by atoms with Crippen molar-refractivity contribution in [1.29, 1.82) is 0 Å². The molecule has 0 radical (unpaired) electrons. The van der Waals surface area contributed by atoms with Gasteiger partial charge in [-0.2, -0.15) is 0 Å². The van der Waals surface area contributed by atoms with Gasteiger partial charge in [0.2, 0.25) is 0 Å². The lowest BCUT2D eigenvalue weighted by molar-refractivity contribution is -0.127. The molecule has 112 valence electrons. The lowest BCUT2D eigenvalue weighted by Gasteiger charge is -2.18. The summed E-state index contributed by atoms with van der Waals surface area (Å²) in [5, 5.41) is 12.4. The van der Waals surface area contributed by atoms with Crippen LogP contribution in [0.2, 0.25) is 0 Å². The van der Waals surface area contributed by atoms with Gasteiger partial charge in [-0.15, -0.1) is 0 Å². The Balaban J connectivity index is 2.71. The second-order valence-electron chi connectivity index (χ2n) is 4.40. The summed E-state index contributed by atoms with van der Waals surface area (Å²) in [5.74, 6) is 0.266. The zero-order valence-electron chi connectivity index (χ0n) is 11.9. The normalized spacial score (nSPS) is 13.7. The molecule has 0 aliphatic rings. The van der Waals surface area contributed by atoms with E-state index in [0.717, 1.165) is 4.47 Å². The highest BCUT2D eigenvalue weighted by molar-refractivity contribution is 9.10. The maximum absolute atomic E-state index is 11.8. The summed E-state index contributed by atoms with van der Waals surface area (Å²) in [5.41, 5.74) is 0.643. The lowest BCUT2D eigenvalue weighted by Crippen LogP contribution is -2.38. The van der Waals surface area contributed by atoms with Gasteiger partial charge in [-0.3, -0.25) is 4.79 Å². The molecule has 0 saturated carbocycles. The molecule has 5 nitrogen and oxygen atoms in total. The van der Waals surface area contributed by atoms with Crippen LogP contribution in [0.15, 0.2) is 22.7 Å². The summed E-state index contributed by atoms with van der Waals surface area (Å²) in [6.07, 6.45) is -1.32. The number of halogens is 1. The van der Waals surface area contributed by atoms with Crippen LogP contribution in [0.25, 0.3) is 0 Å². The van der Waals surface area contributed by atoms with Crippen molar-refractivity contribution in [2.24, 2.45) is 0 Å². The van der Waals surface area contributed by atoms with E-state index in [-0.39, 0.29) is 5.91 Å². The number of aliphatic hydroxyl groups excluding tert-OH is 1. The Morgan fingerprint density at radius 2 is 2.15 bits per heavy atom. The Bertz CT molecular complexity index is 451. The smallest absolute Gasteiger partial charge is 0.260 e. The molecule has 1 aromatic carbocycles. The molecule has 0 heterocycles. The summed E-state index contributed by atoms with van der Waals surface area (Å²) in [6, 6.07) is 5.32. The quantitative estimate of drug-likeness (QED) is 0.742. The molecule has 20 heavy (non-hydrogen) atoms. The van der Waals surface area contributed by atoms with Crippen LogP contribution in [0.3, 0.4) is 0 Å². The van der Waals surface area contributed by atoms with E-state index in [1.54, 1.807) is 33.1 Å². The average molecular weight is 346 g/mol. The van der Waals surface area contributed by atoms with Crippen molar-refractivity contribution < 1.29 is 19.4 Å². The van der Waals surface area contributed by atoms with E-state index in [0.29, 0.717) is 24.5 Å². The van der Waals surface area contributed by atoms with Crippen LogP contribution in [0, 0.1) is 0 Å². The minimum Gasteiger partial charge on any atom is -0.480 e. The van der Waals surface area contributed by atoms with Crippen LogP contribution < -0.4 is 10.1 Å². The summed E-state index contributed by atoms with van der Waals surface area (Å²) in [7, 11) is 1.57. The number of nitrogens with one attached hydrogen (secondary N) is 1. The highest BCUT2D eigenvalue weighted by atomic mass is 79.9. The minimum atomic E-state index is -0.665. The molecular formula is C14H20BrNO4. The Morgan fingerprint density at radius 1 is 1.45 bits per heavy atom. The molecule has 0 aliphatic heterocycles. The van der Waals surface area contributed by atoms with Gasteiger partial charge in [-0.05, 0) is 26.0 Å². The third-order valence-corrected chi connectivity index (χ3v) is 3.20. The molecule has 1 aromatic rings. The Labute approximate surface area is 127 Å². The van der Waals surface area contributed by atoms with Gasteiger partial charge in [0, 0.05) is 23.7 Å². The molecule has 1 amide bonds. The Kier molecular flexibility index (Phi) is 6.98. The fourth-order valence-corrected chi connectivity index (χ4v) is 1.96. The van der Waals surface area contributed by atoms with Crippen molar-refractivity contribution in [3.63, 3.8) is 0 Å². The van der Waals surface area contributed by atoms with Crippen LogP contribution in [-0.4, -0.2) is 37.4 Å². The number of hydrogen-bond donors (Lipinski definition) is 2. The van der Waals surface area contributed by atoms with Gasteiger partial charge in [0.25, 0.3) is 5.91 Å². The number of aliphatic hydroxyl groups is 1. The number of ether oxygens (including phenoxy) is 2. The summed E-state index contributed by atoms with van der Waals surface area (Å²) < 4.78 is 11.3. The van der Waals surface area contributed by atoms with Crippen molar-refractivity contribution in [1.82, 2.24) is 5.32 Å². The van der Waals surface area contributed by atoms with Gasteiger partial charge in [0.05, 0.1) is 12.7 Å². The first kappa shape index (κ1) is 16.9. The number of carbonyl (C=O) groups is 1. The van der Waals surface area contributed by atoms with Crippen LogP contribution >= 0.6 is 15.9 Å². The first-order chi connectivity index (χ1) is 9.45. The van der Waals surface area contributed by atoms with E-state index in [1.165, 1.54) is 0 Å². The third-order valence-electron chi connectivity index (χ3n) is 2.70. The van der Waals surface area contributed by atoms with E-state index in [4.69, 9.17) is 9.47 Å².